The number of piperazine rings is 1. The van der Waals surface area contributed by atoms with Gasteiger partial charge in [0.1, 0.15) is 11.6 Å². The molecule has 1 fully saturated rings. The van der Waals surface area contributed by atoms with Crippen LogP contribution in [0.25, 0.3) is 11.3 Å². The maximum atomic E-state index is 14.1. The third kappa shape index (κ3) is 7.93. The monoisotopic (exact) mass is 682 g/mol. The number of rotatable bonds is 9. The van der Waals surface area contributed by atoms with Crippen molar-refractivity contribution in [3.8, 4) is 23.1 Å². The van der Waals surface area contributed by atoms with Gasteiger partial charge in [0, 0.05) is 95.6 Å². The molecule has 260 valence electrons. The maximum Gasteiger partial charge on any atom is 0.416 e. The van der Waals surface area contributed by atoms with E-state index in [0.29, 0.717) is 34.6 Å². The van der Waals surface area contributed by atoms with Crippen LogP contribution in [0.4, 0.5) is 19.0 Å². The molecule has 0 bridgehead atoms. The summed E-state index contributed by atoms with van der Waals surface area (Å²) in [5.74, 6) is 6.80. The molecule has 2 N–H and O–H groups in total. The highest BCUT2D eigenvalue weighted by molar-refractivity contribution is 5.98. The average Bonchev–Trinajstić information content (AvgIpc) is 3.45. The van der Waals surface area contributed by atoms with Crippen LogP contribution in [0.5, 0.6) is 0 Å². The van der Waals surface area contributed by atoms with Gasteiger partial charge in [-0.1, -0.05) is 43.0 Å². The molecule has 2 aliphatic rings. The Labute approximate surface area is 290 Å². The van der Waals surface area contributed by atoms with Crippen molar-refractivity contribution in [3.63, 3.8) is 0 Å². The van der Waals surface area contributed by atoms with Crippen LogP contribution in [0, 0.1) is 11.8 Å². The van der Waals surface area contributed by atoms with Crippen LogP contribution in [0.3, 0.4) is 0 Å². The van der Waals surface area contributed by atoms with E-state index in [9.17, 15) is 22.8 Å². The molecule has 50 heavy (non-hydrogen) atoms. The fraction of sp³-hybridized carbons (Fsp3) is 0.359. The van der Waals surface area contributed by atoms with Crippen molar-refractivity contribution in [3.05, 3.63) is 105 Å². The number of ketones is 1. The minimum absolute atomic E-state index is 0.0704. The van der Waals surface area contributed by atoms with E-state index in [1.54, 1.807) is 19.3 Å². The molecule has 1 saturated heterocycles. The lowest BCUT2D eigenvalue weighted by molar-refractivity contribution is -0.138. The minimum atomic E-state index is -4.51. The molecular weight excluding hydrogens is 641 g/mol. The fourth-order valence-electron chi connectivity index (χ4n) is 6.75. The van der Waals surface area contributed by atoms with E-state index in [4.69, 9.17) is 0 Å². The molecule has 0 spiro atoms. The third-order valence-electron chi connectivity index (χ3n) is 9.54. The molecule has 0 aliphatic carbocycles. The summed E-state index contributed by atoms with van der Waals surface area (Å²) in [6, 6.07) is 15.4. The van der Waals surface area contributed by atoms with Crippen LogP contribution in [0.15, 0.2) is 60.8 Å². The lowest BCUT2D eigenvalue weighted by atomic mass is 9.97. The number of hydrogen-bond donors (Lipinski definition) is 2. The number of halogens is 3. The lowest BCUT2D eigenvalue weighted by Gasteiger charge is -2.34. The molecule has 1 amide bonds. The molecule has 6 rings (SSSR count). The van der Waals surface area contributed by atoms with E-state index < -0.39 is 11.7 Å². The summed E-state index contributed by atoms with van der Waals surface area (Å²) in [7, 11) is 3.73. The largest absolute Gasteiger partial charge is 0.416 e. The molecule has 2 aliphatic heterocycles. The number of anilines is 1. The van der Waals surface area contributed by atoms with Gasteiger partial charge in [-0.3, -0.25) is 14.5 Å². The van der Waals surface area contributed by atoms with E-state index in [1.807, 2.05) is 48.0 Å². The number of carbonyl (C=O) groups excluding carboxylic acids is 2. The fourth-order valence-corrected chi connectivity index (χ4v) is 6.75. The lowest BCUT2D eigenvalue weighted by Crippen LogP contribution is -2.45. The Balaban J connectivity index is 1.17. The highest BCUT2D eigenvalue weighted by atomic mass is 19.4. The molecule has 0 unspecified atom stereocenters. The van der Waals surface area contributed by atoms with Gasteiger partial charge in [0.05, 0.1) is 22.4 Å². The number of nitrogens with zero attached hydrogens (tertiary/aromatic N) is 4. The van der Waals surface area contributed by atoms with Crippen LogP contribution in [0.2, 0.25) is 0 Å². The Kier molecular flexibility index (Phi) is 10.4. The Morgan fingerprint density at radius 2 is 1.70 bits per heavy atom. The van der Waals surface area contributed by atoms with Gasteiger partial charge in [-0.2, -0.15) is 13.2 Å². The number of benzene rings is 2. The van der Waals surface area contributed by atoms with Crippen LogP contribution in [-0.4, -0.2) is 77.4 Å². The smallest absolute Gasteiger partial charge is 0.373 e. The van der Waals surface area contributed by atoms with E-state index in [0.717, 1.165) is 67.7 Å². The van der Waals surface area contributed by atoms with E-state index in [-0.39, 0.29) is 36.6 Å². The Hall–Kier alpha value is -4.92. The van der Waals surface area contributed by atoms with Gasteiger partial charge < -0.3 is 20.1 Å². The predicted octanol–water partition coefficient (Wildman–Crippen LogP) is 5.33. The number of fused-ring (bicyclic) bond motifs is 1. The maximum absolute atomic E-state index is 14.1. The van der Waals surface area contributed by atoms with Gasteiger partial charge in [-0.05, 0) is 53.6 Å². The summed E-state index contributed by atoms with van der Waals surface area (Å²) < 4.78 is 44.4. The van der Waals surface area contributed by atoms with Crippen LogP contribution < -0.4 is 10.6 Å². The Bertz CT molecular complexity index is 1960. The molecule has 0 saturated carbocycles. The summed E-state index contributed by atoms with van der Waals surface area (Å²) in [4.78, 5) is 34.4. The van der Waals surface area contributed by atoms with Gasteiger partial charge in [-0.25, -0.2) is 4.98 Å². The number of nitrogens with one attached hydrogen (secondary N) is 2. The second kappa shape index (κ2) is 14.9. The molecule has 2 aromatic carbocycles. The van der Waals surface area contributed by atoms with Crippen LogP contribution in [-0.2, 0) is 43.8 Å². The number of Topliss-reactive ketones (excluding diaryl/α,β-unsaturated/α-hetero) is 1. The summed E-state index contributed by atoms with van der Waals surface area (Å²) in [6.07, 6.45) is -2.11. The van der Waals surface area contributed by atoms with Crippen molar-refractivity contribution in [1.29, 1.82) is 0 Å². The van der Waals surface area contributed by atoms with E-state index in [1.165, 1.54) is 6.07 Å². The standard InChI is InChI=1S/C39H41F3N6O2/c1-4-47-14-16-48(17-15-47)25-30-11-9-28(21-34(30)39(40,41)42)20-31(49)19-27-7-5-6-26(18-27)8-10-29-24-45-37(43-2)23-32(29)36-22-33-35(46(36)3)12-13-44-38(33)50/h5-7,9,11,18,21-24H,4,12-17,19-20,25H2,1-3H3,(H,43,45)(H,44,50). The zero-order valence-corrected chi connectivity index (χ0v) is 28.6. The summed E-state index contributed by atoms with van der Waals surface area (Å²) >= 11 is 0. The van der Waals surface area contributed by atoms with Crippen molar-refractivity contribution in [2.45, 2.75) is 38.9 Å². The van der Waals surface area contributed by atoms with Gasteiger partial charge in [-0.15, -0.1) is 0 Å². The quantitative estimate of drug-likeness (QED) is 0.233. The number of hydrogen-bond acceptors (Lipinski definition) is 6. The molecule has 4 heterocycles. The highest BCUT2D eigenvalue weighted by Crippen LogP contribution is 2.34. The second-order valence-corrected chi connectivity index (χ2v) is 12.9. The SMILES string of the molecule is CCN1CCN(Cc2ccc(CC(=O)Cc3cccc(C#Cc4cnc(NC)cc4-c4cc5c(n4C)CCNC5=O)c3)cc2C(F)(F)F)CC1. The van der Waals surface area contributed by atoms with Crippen molar-refractivity contribution >= 4 is 17.5 Å². The van der Waals surface area contributed by atoms with Gasteiger partial charge >= 0.3 is 6.18 Å². The zero-order chi connectivity index (χ0) is 35.4. The molecule has 0 atom stereocenters. The number of pyridine rings is 1. The third-order valence-corrected chi connectivity index (χ3v) is 9.54. The first-order chi connectivity index (χ1) is 24.0. The first kappa shape index (κ1) is 34.9. The average molecular weight is 683 g/mol. The molecule has 8 nitrogen and oxygen atoms in total. The number of aromatic nitrogens is 2. The molecule has 11 heteroatoms. The predicted molar refractivity (Wildman–Crippen MR) is 188 cm³/mol. The van der Waals surface area contributed by atoms with Crippen molar-refractivity contribution in [1.82, 2.24) is 24.7 Å². The normalized spacial score (nSPS) is 15.2. The molecule has 4 aromatic rings. The van der Waals surface area contributed by atoms with Crippen LogP contribution >= 0.6 is 0 Å². The van der Waals surface area contributed by atoms with Gasteiger partial charge in [0.15, 0.2) is 0 Å². The number of alkyl halides is 3. The first-order valence-corrected chi connectivity index (χ1v) is 16.9. The van der Waals surface area contributed by atoms with E-state index >= 15 is 0 Å². The Morgan fingerprint density at radius 1 is 0.960 bits per heavy atom. The molecular formula is C39H41F3N6O2. The minimum Gasteiger partial charge on any atom is -0.373 e. The number of amides is 1. The number of carbonyl (C=O) groups is 2. The van der Waals surface area contributed by atoms with Crippen LogP contribution in [0.1, 0.15) is 56.4 Å². The topological polar surface area (TPSA) is 82.5 Å². The zero-order valence-electron chi connectivity index (χ0n) is 28.6. The molecule has 2 aromatic heterocycles. The molecule has 0 radical (unpaired) electrons. The summed E-state index contributed by atoms with van der Waals surface area (Å²) in [5.41, 5.74) is 5.31. The second-order valence-electron chi connectivity index (χ2n) is 12.9. The van der Waals surface area contributed by atoms with Gasteiger partial charge in [0.2, 0.25) is 0 Å². The first-order valence-electron chi connectivity index (χ1n) is 16.9. The van der Waals surface area contributed by atoms with Gasteiger partial charge in [0.25, 0.3) is 5.91 Å². The van der Waals surface area contributed by atoms with Crippen molar-refractivity contribution in [2.24, 2.45) is 7.05 Å². The Morgan fingerprint density at radius 3 is 2.40 bits per heavy atom. The number of likely N-dealkylation sites (N-methyl/N-ethyl adjacent to an activating group) is 1. The van der Waals surface area contributed by atoms with Crippen molar-refractivity contribution in [2.75, 3.05) is 51.6 Å². The highest BCUT2D eigenvalue weighted by Gasteiger charge is 2.34. The van der Waals surface area contributed by atoms with Crippen molar-refractivity contribution < 1.29 is 22.8 Å². The van der Waals surface area contributed by atoms with E-state index in [2.05, 4.69) is 44.2 Å². The summed E-state index contributed by atoms with van der Waals surface area (Å²) in [5, 5.41) is 5.96. The summed E-state index contributed by atoms with van der Waals surface area (Å²) in [6.45, 7) is 6.98.